The van der Waals surface area contributed by atoms with E-state index in [4.69, 9.17) is 9.47 Å². The van der Waals surface area contributed by atoms with Crippen LogP contribution in [0.2, 0.25) is 0 Å². The molecule has 0 spiro atoms. The summed E-state index contributed by atoms with van der Waals surface area (Å²) < 4.78 is 11.0. The van der Waals surface area contributed by atoms with Gasteiger partial charge < -0.3 is 19.5 Å². The van der Waals surface area contributed by atoms with E-state index < -0.39 is 6.10 Å². The van der Waals surface area contributed by atoms with Gasteiger partial charge in [-0.15, -0.1) is 0 Å². The molecule has 0 bridgehead atoms. The van der Waals surface area contributed by atoms with Crippen LogP contribution in [-0.4, -0.2) is 56.4 Å². The molecule has 1 heterocycles. The SMILES string of the molecule is O=C(c1ccccc1)c1ccc(OC[C@H](O)C[NH+]2CCOCC2)cc1. The summed E-state index contributed by atoms with van der Waals surface area (Å²) in [6, 6.07) is 16.2. The van der Waals surface area contributed by atoms with Crippen molar-refractivity contribution >= 4 is 5.78 Å². The molecule has 0 aliphatic carbocycles. The first kappa shape index (κ1) is 17.6. The minimum Gasteiger partial charge on any atom is -0.491 e. The average molecular weight is 342 g/mol. The maximum absolute atomic E-state index is 12.4. The molecule has 25 heavy (non-hydrogen) atoms. The standard InChI is InChI=1S/C20H23NO4/c22-18(14-21-10-12-24-13-11-21)15-25-19-8-6-17(7-9-19)20(23)16-4-2-1-3-5-16/h1-9,18,22H,10-15H2/p+1/t18-/m1/s1. The zero-order valence-corrected chi connectivity index (χ0v) is 14.2. The number of carbonyl (C=O) groups excluding carboxylic acids is 1. The molecule has 1 aliphatic rings. The number of aliphatic hydroxyl groups is 1. The summed E-state index contributed by atoms with van der Waals surface area (Å²) in [6.07, 6.45) is -0.515. The zero-order chi connectivity index (χ0) is 17.5. The summed E-state index contributed by atoms with van der Waals surface area (Å²) in [5, 5.41) is 10.1. The molecular formula is C20H24NO4+. The molecule has 5 nitrogen and oxygen atoms in total. The van der Waals surface area contributed by atoms with Crippen LogP contribution in [0.4, 0.5) is 0 Å². The van der Waals surface area contributed by atoms with E-state index in [-0.39, 0.29) is 12.4 Å². The Labute approximate surface area is 147 Å². The molecule has 2 aromatic carbocycles. The summed E-state index contributed by atoms with van der Waals surface area (Å²) in [4.78, 5) is 13.7. The number of benzene rings is 2. The van der Waals surface area contributed by atoms with Crippen LogP contribution in [0, 0.1) is 0 Å². The Morgan fingerprint density at radius 3 is 2.36 bits per heavy atom. The van der Waals surface area contributed by atoms with Crippen molar-refractivity contribution in [2.45, 2.75) is 6.10 Å². The lowest BCUT2D eigenvalue weighted by atomic mass is 10.0. The Balaban J connectivity index is 1.49. The first-order chi connectivity index (χ1) is 12.2. The number of ketones is 1. The van der Waals surface area contributed by atoms with Crippen molar-refractivity contribution in [1.29, 1.82) is 0 Å². The van der Waals surface area contributed by atoms with E-state index in [2.05, 4.69) is 0 Å². The molecule has 1 fully saturated rings. The lowest BCUT2D eigenvalue weighted by Crippen LogP contribution is -3.15. The van der Waals surface area contributed by atoms with Gasteiger partial charge in [-0.25, -0.2) is 0 Å². The maximum Gasteiger partial charge on any atom is 0.193 e. The predicted octanol–water partition coefficient (Wildman–Crippen LogP) is 0.572. The second-order valence-corrected chi connectivity index (χ2v) is 6.25. The highest BCUT2D eigenvalue weighted by atomic mass is 16.5. The van der Waals surface area contributed by atoms with Crippen LogP contribution >= 0.6 is 0 Å². The maximum atomic E-state index is 12.4. The van der Waals surface area contributed by atoms with Gasteiger partial charge in [-0.1, -0.05) is 30.3 Å². The minimum absolute atomic E-state index is 0.0110. The third-order valence-corrected chi connectivity index (χ3v) is 4.32. The van der Waals surface area contributed by atoms with Gasteiger partial charge in [-0.3, -0.25) is 4.79 Å². The molecule has 0 aromatic heterocycles. The Bertz CT molecular complexity index is 666. The molecule has 132 valence electrons. The first-order valence-electron chi connectivity index (χ1n) is 8.64. The Morgan fingerprint density at radius 1 is 1.04 bits per heavy atom. The van der Waals surface area contributed by atoms with Crippen molar-refractivity contribution in [3.05, 3.63) is 65.7 Å². The van der Waals surface area contributed by atoms with Gasteiger partial charge in [0.05, 0.1) is 13.2 Å². The first-order valence-corrected chi connectivity index (χ1v) is 8.64. The fourth-order valence-electron chi connectivity index (χ4n) is 2.91. The van der Waals surface area contributed by atoms with Crippen molar-refractivity contribution in [3.8, 4) is 5.75 Å². The summed E-state index contributed by atoms with van der Waals surface area (Å²) in [6.45, 7) is 4.25. The highest BCUT2D eigenvalue weighted by Gasteiger charge is 2.18. The van der Waals surface area contributed by atoms with Crippen LogP contribution in [0.25, 0.3) is 0 Å². The third-order valence-electron chi connectivity index (χ3n) is 4.32. The van der Waals surface area contributed by atoms with Crippen molar-refractivity contribution < 1.29 is 24.3 Å². The summed E-state index contributed by atoms with van der Waals surface area (Å²) in [7, 11) is 0. The molecule has 2 aromatic rings. The van der Waals surface area contributed by atoms with E-state index >= 15 is 0 Å². The highest BCUT2D eigenvalue weighted by molar-refractivity contribution is 6.08. The van der Waals surface area contributed by atoms with Crippen molar-refractivity contribution in [2.24, 2.45) is 0 Å². The molecule has 5 heteroatoms. The number of carbonyl (C=O) groups is 1. The number of ether oxygens (including phenoxy) is 2. The predicted molar refractivity (Wildman–Crippen MR) is 94.2 cm³/mol. The van der Waals surface area contributed by atoms with Gasteiger partial charge in [-0.2, -0.15) is 0 Å². The third kappa shape index (κ3) is 5.13. The fraction of sp³-hybridized carbons (Fsp3) is 0.350. The van der Waals surface area contributed by atoms with Gasteiger partial charge in [0.1, 0.15) is 38.1 Å². The van der Waals surface area contributed by atoms with Crippen LogP contribution in [-0.2, 0) is 4.74 Å². The number of rotatable bonds is 7. The van der Waals surface area contributed by atoms with Crippen molar-refractivity contribution in [1.82, 2.24) is 0 Å². The summed E-state index contributed by atoms with van der Waals surface area (Å²) >= 11 is 0. The molecule has 2 N–H and O–H groups in total. The second kappa shape index (κ2) is 8.76. The number of quaternary nitrogens is 1. The quantitative estimate of drug-likeness (QED) is 0.723. The number of hydrogen-bond donors (Lipinski definition) is 2. The van der Waals surface area contributed by atoms with E-state index in [0.29, 0.717) is 23.4 Å². The lowest BCUT2D eigenvalue weighted by Gasteiger charge is -2.25. The number of aliphatic hydroxyl groups excluding tert-OH is 1. The molecule has 0 unspecified atom stereocenters. The van der Waals surface area contributed by atoms with Crippen LogP contribution in [0.5, 0.6) is 5.75 Å². The summed E-state index contributed by atoms with van der Waals surface area (Å²) in [5.41, 5.74) is 1.29. The molecular weight excluding hydrogens is 318 g/mol. The molecule has 1 saturated heterocycles. The molecule has 0 amide bonds. The Kier molecular flexibility index (Phi) is 6.17. The van der Waals surface area contributed by atoms with Gasteiger partial charge in [0.25, 0.3) is 0 Å². The van der Waals surface area contributed by atoms with Crippen LogP contribution in [0.3, 0.4) is 0 Å². The van der Waals surface area contributed by atoms with Crippen LogP contribution in [0.15, 0.2) is 54.6 Å². The number of nitrogens with one attached hydrogen (secondary N) is 1. The fourth-order valence-corrected chi connectivity index (χ4v) is 2.91. The highest BCUT2D eigenvalue weighted by Crippen LogP contribution is 2.15. The molecule has 3 rings (SSSR count). The number of morpholine rings is 1. The van der Waals surface area contributed by atoms with Gasteiger partial charge >= 0.3 is 0 Å². The molecule has 0 radical (unpaired) electrons. The topological polar surface area (TPSA) is 60.2 Å². The van der Waals surface area contributed by atoms with Gasteiger partial charge in [0, 0.05) is 11.1 Å². The van der Waals surface area contributed by atoms with Gasteiger partial charge in [-0.05, 0) is 24.3 Å². The normalized spacial score (nSPS) is 16.4. The lowest BCUT2D eigenvalue weighted by molar-refractivity contribution is -0.911. The minimum atomic E-state index is -0.515. The van der Waals surface area contributed by atoms with E-state index in [9.17, 15) is 9.90 Å². The van der Waals surface area contributed by atoms with Crippen LogP contribution < -0.4 is 9.64 Å². The average Bonchev–Trinajstić information content (AvgIpc) is 2.68. The van der Waals surface area contributed by atoms with Gasteiger partial charge in [0.2, 0.25) is 0 Å². The summed E-state index contributed by atoms with van der Waals surface area (Å²) in [5.74, 6) is 0.642. The molecule has 0 saturated carbocycles. The second-order valence-electron chi connectivity index (χ2n) is 6.25. The monoisotopic (exact) mass is 342 g/mol. The molecule has 1 atom stereocenters. The van der Waals surface area contributed by atoms with Gasteiger partial charge in [0.15, 0.2) is 5.78 Å². The van der Waals surface area contributed by atoms with E-state index in [1.165, 1.54) is 4.90 Å². The Morgan fingerprint density at radius 2 is 1.68 bits per heavy atom. The zero-order valence-electron chi connectivity index (χ0n) is 14.2. The number of hydrogen-bond acceptors (Lipinski definition) is 4. The van der Waals surface area contributed by atoms with Crippen molar-refractivity contribution in [3.63, 3.8) is 0 Å². The van der Waals surface area contributed by atoms with Crippen molar-refractivity contribution in [2.75, 3.05) is 39.5 Å². The van der Waals surface area contributed by atoms with E-state index in [1.807, 2.05) is 18.2 Å². The van der Waals surface area contributed by atoms with E-state index in [0.717, 1.165) is 26.3 Å². The molecule has 1 aliphatic heterocycles. The Hall–Kier alpha value is -2.21. The largest absolute Gasteiger partial charge is 0.491 e. The smallest absolute Gasteiger partial charge is 0.193 e. The van der Waals surface area contributed by atoms with Crippen LogP contribution in [0.1, 0.15) is 15.9 Å². The van der Waals surface area contributed by atoms with E-state index in [1.54, 1.807) is 36.4 Å².